The number of fused-ring (bicyclic) bond motifs is 9. The first-order valence-corrected chi connectivity index (χ1v) is 36.3. The second-order valence-electron chi connectivity index (χ2n) is 22.2. The number of carbonyl (C=O) groups is 12. The number of carboxylic acids is 1. The van der Waals surface area contributed by atoms with Gasteiger partial charge in [-0.1, -0.05) is 89.0 Å². The van der Waals surface area contributed by atoms with Gasteiger partial charge in [-0.05, 0) is 81.3 Å². The molecule has 14 N–H and O–H groups in total. The number of benzene rings is 2. The van der Waals surface area contributed by atoms with Crippen molar-refractivity contribution in [2.75, 3.05) is 54.3 Å². The molecule has 5 bridgehead atoms. The molecular weight excluding hydrogens is 1280 g/mol. The smallest absolute Gasteiger partial charge is 0.303 e. The van der Waals surface area contributed by atoms with Gasteiger partial charge < -0.3 is 67.3 Å². The number of carboxylic acid groups (broad SMARTS) is 1. The number of carbonyl (C=O) groups excluding carboxylic acids is 11. The summed E-state index contributed by atoms with van der Waals surface area (Å²) in [4.78, 5) is 174. The van der Waals surface area contributed by atoms with Crippen molar-refractivity contribution in [2.45, 2.75) is 137 Å². The van der Waals surface area contributed by atoms with Crippen LogP contribution in [0.15, 0.2) is 48.5 Å². The maximum Gasteiger partial charge on any atom is 0.303 e. The van der Waals surface area contributed by atoms with E-state index in [1.807, 2.05) is 0 Å². The number of amides is 7. The maximum atomic E-state index is 16.0. The number of aliphatic hydroxyl groups excluding tert-OH is 1. The van der Waals surface area contributed by atoms with Crippen molar-refractivity contribution >= 4 is 136 Å². The molecule has 486 valence electrons. The number of ketones is 3. The molecule has 33 heteroatoms. The number of phenolic OH excluding ortho intramolecular Hbond substituents is 2. The van der Waals surface area contributed by atoms with Gasteiger partial charge in [0.05, 0.1) is 68.0 Å². The van der Waals surface area contributed by atoms with Gasteiger partial charge in [0.2, 0.25) is 41.4 Å². The van der Waals surface area contributed by atoms with E-state index in [1.54, 1.807) is 12.1 Å². The SMILES string of the molecule is CC1NC(=O)[C@@H]2CCCN2C(=O)[C@H](CC(N)=O)NC2CSSCC3NCN(C3=O)C3CSSCC(N[C@@H]([C@@H](C)O)C(=O)NCC(=O)C(N[C@H](C=O)Cc4ccc(O)cc4)CSSCC2C(=O)[C@H](Cc2ccc(O)cc2)NC(=O)[C@H](CCC(=O)O)NC3=O)C1=O. The zero-order chi connectivity index (χ0) is 64.5. The molecule has 14 atom stereocenters. The lowest BCUT2D eigenvalue weighted by Gasteiger charge is -2.35. The quantitative estimate of drug-likeness (QED) is 0.0793. The Kier molecular flexibility index (Phi) is 27.2. The lowest BCUT2D eigenvalue weighted by atomic mass is 9.89. The molecule has 7 amide bonds. The molecule has 5 aliphatic heterocycles. The van der Waals surface area contributed by atoms with E-state index in [2.05, 4.69) is 42.5 Å². The average Bonchev–Trinajstić information content (AvgIpc) is 3.24. The minimum Gasteiger partial charge on any atom is -0.508 e. The number of nitrogens with one attached hydrogen (secondary N) is 8. The van der Waals surface area contributed by atoms with Gasteiger partial charge in [0.25, 0.3) is 0 Å². The molecular formula is C56H75N11O16S6. The van der Waals surface area contributed by atoms with Gasteiger partial charge in [-0.15, -0.1) is 0 Å². The summed E-state index contributed by atoms with van der Waals surface area (Å²) in [6.07, 6.45) is -2.46. The summed E-state index contributed by atoms with van der Waals surface area (Å²) < 4.78 is 0. The van der Waals surface area contributed by atoms with Crippen molar-refractivity contribution in [2.24, 2.45) is 11.7 Å². The minimum absolute atomic E-state index is 0.0223. The first-order valence-electron chi connectivity index (χ1n) is 28.9. The normalized spacial score (nSPS) is 29.6. The van der Waals surface area contributed by atoms with Gasteiger partial charge >= 0.3 is 5.97 Å². The first-order chi connectivity index (χ1) is 42.5. The molecule has 0 saturated carbocycles. The van der Waals surface area contributed by atoms with E-state index in [0.29, 0.717) is 23.8 Å². The number of phenols is 2. The van der Waals surface area contributed by atoms with Crippen molar-refractivity contribution in [3.63, 3.8) is 0 Å². The Bertz CT molecular complexity index is 2900. The molecule has 2 aromatic carbocycles. The highest BCUT2D eigenvalue weighted by atomic mass is 33.1. The lowest BCUT2D eigenvalue weighted by molar-refractivity contribution is -0.142. The topological polar surface area (TPSA) is 414 Å². The first kappa shape index (κ1) is 70.8. The highest BCUT2D eigenvalue weighted by molar-refractivity contribution is 8.77. The van der Waals surface area contributed by atoms with Crippen LogP contribution in [0.4, 0.5) is 0 Å². The molecule has 5 heterocycles. The molecule has 7 unspecified atom stereocenters. The Morgan fingerprint density at radius 3 is 1.99 bits per heavy atom. The van der Waals surface area contributed by atoms with E-state index in [0.717, 1.165) is 43.2 Å². The fourth-order valence-electron chi connectivity index (χ4n) is 10.7. The number of hydrogen-bond donors (Lipinski definition) is 13. The van der Waals surface area contributed by atoms with Crippen LogP contribution in [-0.4, -0.2) is 234 Å². The van der Waals surface area contributed by atoms with Crippen LogP contribution in [0.5, 0.6) is 11.5 Å². The zero-order valence-corrected chi connectivity index (χ0v) is 53.6. The van der Waals surface area contributed by atoms with Gasteiger partial charge in [0.1, 0.15) is 42.0 Å². The molecule has 5 saturated heterocycles. The molecule has 2 aromatic rings. The molecule has 0 radical (unpaired) electrons. The van der Waals surface area contributed by atoms with Gasteiger partial charge in [0.15, 0.2) is 17.3 Å². The number of nitrogens with two attached hydrogens (primary N) is 1. The highest BCUT2D eigenvalue weighted by Crippen LogP contribution is 2.34. The predicted molar refractivity (Wildman–Crippen MR) is 339 cm³/mol. The van der Waals surface area contributed by atoms with Gasteiger partial charge in [0, 0.05) is 59.4 Å². The standard InChI is InChI=1S/C56H75N11O16S6/c1-28-49(76)41-24-87-89-26-44-53(80)64-36(13-14-47(74)75)51(78)65-37(17-31-7-11-34(71)12-8-31)50(77)35(21-84-86-23-40(45(72)19-58-54(81)48(63-41)29(2)69)61-32(20-68)16-30-5-9-33(70)10-6-30)39(22-85-88-25-42-56(83)67(44)27-59-42)62-38(18-46(57)73)55(82)66-15-3-4-43(66)52(79)60-28/h5-12,20,28-29,32,35-44,48,59,61-63,69-71H,3-4,13-19,21-27H2,1-2H3,(H2,57,73)(H,58,81)(H,60,79)(H,64,80)(H,65,78)(H,74,75)/t28?,29-,32+,35?,36+,37+,38+,39?,40?,41?,42?,43+,44?,48+/m1/s1. The van der Waals surface area contributed by atoms with Crippen LogP contribution in [0.3, 0.4) is 0 Å². The van der Waals surface area contributed by atoms with Crippen LogP contribution >= 0.6 is 64.8 Å². The molecule has 0 aliphatic carbocycles. The highest BCUT2D eigenvalue weighted by Gasteiger charge is 2.45. The number of aliphatic carboxylic acids is 1. The van der Waals surface area contributed by atoms with E-state index in [4.69, 9.17) is 5.73 Å². The maximum absolute atomic E-state index is 16.0. The molecule has 7 rings (SSSR count). The summed E-state index contributed by atoms with van der Waals surface area (Å²) in [5, 5.41) is 64.6. The summed E-state index contributed by atoms with van der Waals surface area (Å²) in [6, 6.07) is -4.02. The van der Waals surface area contributed by atoms with Crippen LogP contribution in [-0.2, 0) is 70.4 Å². The molecule has 0 spiro atoms. The van der Waals surface area contributed by atoms with E-state index in [9.17, 15) is 68.4 Å². The number of aliphatic hydroxyl groups is 1. The monoisotopic (exact) mass is 1350 g/mol. The molecule has 89 heavy (non-hydrogen) atoms. The van der Waals surface area contributed by atoms with Gasteiger partial charge in [-0.25, -0.2) is 0 Å². The van der Waals surface area contributed by atoms with Crippen LogP contribution in [0.1, 0.15) is 57.1 Å². The molecule has 5 aliphatic rings. The van der Waals surface area contributed by atoms with Crippen molar-refractivity contribution in [1.29, 1.82) is 0 Å². The van der Waals surface area contributed by atoms with Gasteiger partial charge in [-0.2, -0.15) is 0 Å². The molecule has 27 nitrogen and oxygen atoms in total. The van der Waals surface area contributed by atoms with Gasteiger partial charge in [-0.3, -0.25) is 68.7 Å². The summed E-state index contributed by atoms with van der Waals surface area (Å²) in [5.74, 6) is -11.2. The minimum atomic E-state index is -1.64. The third kappa shape index (κ3) is 20.2. The Labute approximate surface area is 537 Å². The second-order valence-corrected chi connectivity index (χ2v) is 29.8. The number of primary amides is 1. The van der Waals surface area contributed by atoms with E-state index < -0.39 is 175 Å². The predicted octanol–water partition coefficient (Wildman–Crippen LogP) is -1.60. The average molecular weight is 1350 g/mol. The zero-order valence-electron chi connectivity index (χ0n) is 48.7. The van der Waals surface area contributed by atoms with Crippen molar-refractivity contribution in [1.82, 2.24) is 52.3 Å². The largest absolute Gasteiger partial charge is 0.508 e. The van der Waals surface area contributed by atoms with Crippen LogP contribution in [0.25, 0.3) is 0 Å². The fourth-order valence-corrected chi connectivity index (χ4v) is 18.2. The van der Waals surface area contributed by atoms with Crippen molar-refractivity contribution in [3.05, 3.63) is 59.7 Å². The van der Waals surface area contributed by atoms with Crippen molar-refractivity contribution < 1.29 is 78.0 Å². The number of aldehydes is 1. The number of hydrogen-bond acceptors (Lipinski definition) is 25. The Morgan fingerprint density at radius 1 is 0.708 bits per heavy atom. The summed E-state index contributed by atoms with van der Waals surface area (Å²) in [7, 11) is 6.60. The number of Topliss-reactive ketones (excluding diaryl/α,β-unsaturated/α-hetero) is 3. The number of rotatable bonds is 13. The van der Waals surface area contributed by atoms with Crippen LogP contribution in [0, 0.1) is 5.92 Å². The van der Waals surface area contributed by atoms with E-state index in [1.165, 1.54) is 81.6 Å². The molecule has 0 aromatic heterocycles. The lowest BCUT2D eigenvalue weighted by Crippen LogP contribution is -2.61. The fraction of sp³-hybridized carbons (Fsp3) is 0.571. The van der Waals surface area contributed by atoms with E-state index in [-0.39, 0.29) is 78.5 Å². The van der Waals surface area contributed by atoms with Crippen LogP contribution in [0.2, 0.25) is 0 Å². The Morgan fingerprint density at radius 2 is 1.33 bits per heavy atom. The third-order valence-corrected chi connectivity index (χ3v) is 22.9. The summed E-state index contributed by atoms with van der Waals surface area (Å²) in [6.45, 7) is 1.87. The number of nitrogens with zero attached hydrogens (tertiary/aromatic N) is 2. The summed E-state index contributed by atoms with van der Waals surface area (Å²) in [5.41, 5.74) is 6.95. The summed E-state index contributed by atoms with van der Waals surface area (Å²) >= 11 is 0. The third-order valence-electron chi connectivity index (χ3n) is 15.6. The molecule has 5 fully saturated rings. The second kappa shape index (κ2) is 34.2. The Hall–Kier alpha value is -5.62. The Balaban J connectivity index is 1.43. The van der Waals surface area contributed by atoms with Crippen molar-refractivity contribution in [3.8, 4) is 11.5 Å². The van der Waals surface area contributed by atoms with E-state index >= 15 is 9.59 Å². The number of aromatic hydroxyl groups is 2. The van der Waals surface area contributed by atoms with Crippen LogP contribution < -0.4 is 48.3 Å².